The van der Waals surface area contributed by atoms with Gasteiger partial charge in [0.05, 0.1) is 12.6 Å². The van der Waals surface area contributed by atoms with Gasteiger partial charge in [-0.25, -0.2) is 0 Å². The van der Waals surface area contributed by atoms with Gasteiger partial charge in [0.25, 0.3) is 0 Å². The second-order valence-corrected chi connectivity index (χ2v) is 8.52. The predicted molar refractivity (Wildman–Crippen MR) is 104 cm³/mol. The van der Waals surface area contributed by atoms with E-state index < -0.39 is 4.87 Å². The molecule has 5 rings (SSSR count). The molecule has 2 aromatic rings. The number of ether oxygens (including phenoxy) is 1. The number of likely N-dealkylation sites (tertiary alicyclic amines) is 1. The Bertz CT molecular complexity index is 846. The predicted octanol–water partition coefficient (Wildman–Crippen LogP) is 3.60. The number of carbonyl (C=O) groups is 1. The lowest BCUT2D eigenvalue weighted by Crippen LogP contribution is -2.42. The summed E-state index contributed by atoms with van der Waals surface area (Å²) < 4.78 is 6.12. The largest absolute Gasteiger partial charge is 0.355 e. The van der Waals surface area contributed by atoms with Crippen LogP contribution in [0.1, 0.15) is 30.1 Å². The van der Waals surface area contributed by atoms with Crippen LogP contribution in [0.25, 0.3) is 0 Å². The standard InChI is InChI=1S/C22H23ClN2O2/c1-15(16-8-4-2-5-9-16)24-12-18-20-25(21(26)22(18,23)14-24)19(13-27-20)17-10-6-3-7-11-17/h2-11,15,18-20H,12-14H2,1H3/t15-,18+,19-,20-,22-/m1/s1. The second-order valence-electron chi connectivity index (χ2n) is 7.85. The number of carbonyl (C=O) groups excluding carboxylic acids is 1. The summed E-state index contributed by atoms with van der Waals surface area (Å²) in [6.07, 6.45) is -0.229. The Morgan fingerprint density at radius 2 is 1.78 bits per heavy atom. The number of hydrogen-bond donors (Lipinski definition) is 0. The molecule has 1 amide bonds. The molecule has 2 aromatic carbocycles. The number of hydrogen-bond acceptors (Lipinski definition) is 3. The number of nitrogens with zero attached hydrogens (tertiary/aromatic N) is 2. The lowest BCUT2D eigenvalue weighted by molar-refractivity contribution is -0.133. The van der Waals surface area contributed by atoms with E-state index in [1.807, 2.05) is 29.2 Å². The van der Waals surface area contributed by atoms with E-state index >= 15 is 0 Å². The normalized spacial score (nSPS) is 33.9. The van der Waals surface area contributed by atoms with Crippen molar-refractivity contribution in [1.29, 1.82) is 0 Å². The Balaban J connectivity index is 1.40. The molecule has 27 heavy (non-hydrogen) atoms. The SMILES string of the molecule is C[C@H](c1ccccc1)N1C[C@H]2[C@H]3OC[C@H](c4ccccc4)N3C(=O)[C@@]2(Cl)C1. The first kappa shape index (κ1) is 17.2. The molecule has 0 saturated carbocycles. The molecule has 5 heteroatoms. The van der Waals surface area contributed by atoms with Crippen molar-refractivity contribution in [3.05, 3.63) is 71.8 Å². The maximum absolute atomic E-state index is 13.4. The van der Waals surface area contributed by atoms with Gasteiger partial charge < -0.3 is 9.64 Å². The van der Waals surface area contributed by atoms with Crippen LogP contribution in [0.15, 0.2) is 60.7 Å². The highest BCUT2D eigenvalue weighted by atomic mass is 35.5. The Morgan fingerprint density at radius 3 is 2.48 bits per heavy atom. The monoisotopic (exact) mass is 382 g/mol. The van der Waals surface area contributed by atoms with E-state index in [1.165, 1.54) is 5.56 Å². The molecule has 0 spiro atoms. The van der Waals surface area contributed by atoms with E-state index in [-0.39, 0.29) is 30.1 Å². The average Bonchev–Trinajstić information content (AvgIpc) is 3.34. The summed E-state index contributed by atoms with van der Waals surface area (Å²) in [6, 6.07) is 20.7. The summed E-state index contributed by atoms with van der Waals surface area (Å²) in [5.74, 6) is 0.0137. The fraction of sp³-hybridized carbons (Fsp3) is 0.409. The molecule has 3 aliphatic rings. The molecule has 0 aromatic heterocycles. The summed E-state index contributed by atoms with van der Waals surface area (Å²) in [6.45, 7) is 4.05. The van der Waals surface area contributed by atoms with Crippen LogP contribution in [0.3, 0.4) is 0 Å². The highest BCUT2D eigenvalue weighted by Gasteiger charge is 2.66. The Labute approximate surface area is 164 Å². The van der Waals surface area contributed by atoms with E-state index in [9.17, 15) is 4.79 Å². The number of alkyl halides is 1. The van der Waals surface area contributed by atoms with Crippen molar-refractivity contribution in [3.8, 4) is 0 Å². The van der Waals surface area contributed by atoms with Crippen molar-refractivity contribution in [1.82, 2.24) is 9.80 Å². The summed E-state index contributed by atoms with van der Waals surface area (Å²) in [4.78, 5) is 16.7. The molecule has 0 bridgehead atoms. The van der Waals surface area contributed by atoms with Gasteiger partial charge in [0.15, 0.2) is 0 Å². The fourth-order valence-corrected chi connectivity index (χ4v) is 5.32. The minimum atomic E-state index is -0.888. The zero-order valence-electron chi connectivity index (χ0n) is 15.3. The first-order valence-corrected chi connectivity index (χ1v) is 9.94. The van der Waals surface area contributed by atoms with Crippen LogP contribution in [0.5, 0.6) is 0 Å². The summed E-state index contributed by atoms with van der Waals surface area (Å²) >= 11 is 6.99. The highest BCUT2D eigenvalue weighted by Crippen LogP contribution is 2.52. The average molecular weight is 383 g/mol. The number of amides is 1. The molecular formula is C22H23ClN2O2. The minimum Gasteiger partial charge on any atom is -0.355 e. The highest BCUT2D eigenvalue weighted by molar-refractivity contribution is 6.36. The van der Waals surface area contributed by atoms with Crippen molar-refractivity contribution in [2.45, 2.75) is 30.1 Å². The molecule has 3 aliphatic heterocycles. The quantitative estimate of drug-likeness (QED) is 0.760. The Morgan fingerprint density at radius 1 is 1.11 bits per heavy atom. The van der Waals surface area contributed by atoms with Crippen molar-refractivity contribution < 1.29 is 9.53 Å². The molecular weight excluding hydrogens is 360 g/mol. The van der Waals surface area contributed by atoms with E-state index in [0.717, 1.165) is 12.1 Å². The van der Waals surface area contributed by atoms with E-state index in [2.05, 4.69) is 48.2 Å². The lowest BCUT2D eigenvalue weighted by Gasteiger charge is -2.29. The zero-order valence-corrected chi connectivity index (χ0v) is 16.0. The minimum absolute atomic E-state index is 0.00783. The van der Waals surface area contributed by atoms with Gasteiger partial charge in [-0.1, -0.05) is 60.7 Å². The van der Waals surface area contributed by atoms with Gasteiger partial charge in [0.2, 0.25) is 5.91 Å². The number of rotatable bonds is 3. The van der Waals surface area contributed by atoms with Crippen LogP contribution in [0.4, 0.5) is 0 Å². The maximum atomic E-state index is 13.4. The molecule has 3 saturated heterocycles. The Kier molecular flexibility index (Phi) is 4.04. The molecule has 0 radical (unpaired) electrons. The molecule has 140 valence electrons. The number of fused-ring (bicyclic) bond motifs is 3. The fourth-order valence-electron chi connectivity index (χ4n) is 4.90. The Hall–Kier alpha value is -1.88. The van der Waals surface area contributed by atoms with Gasteiger partial charge >= 0.3 is 0 Å². The van der Waals surface area contributed by atoms with Crippen LogP contribution in [-0.2, 0) is 9.53 Å². The molecule has 3 heterocycles. The smallest absolute Gasteiger partial charge is 0.248 e. The summed E-state index contributed by atoms with van der Waals surface area (Å²) in [5, 5.41) is 0. The van der Waals surface area contributed by atoms with Crippen molar-refractivity contribution in [3.63, 3.8) is 0 Å². The van der Waals surface area contributed by atoms with Gasteiger partial charge in [-0.15, -0.1) is 11.6 Å². The van der Waals surface area contributed by atoms with Gasteiger partial charge in [-0.05, 0) is 18.1 Å². The zero-order chi connectivity index (χ0) is 18.6. The van der Waals surface area contributed by atoms with E-state index in [4.69, 9.17) is 16.3 Å². The van der Waals surface area contributed by atoms with Crippen LogP contribution in [0, 0.1) is 5.92 Å². The number of benzene rings is 2. The second kappa shape index (κ2) is 6.33. The van der Waals surface area contributed by atoms with E-state index in [1.54, 1.807) is 0 Å². The molecule has 0 N–H and O–H groups in total. The molecule has 0 aliphatic carbocycles. The third-order valence-electron chi connectivity index (χ3n) is 6.44. The van der Waals surface area contributed by atoms with Crippen molar-refractivity contribution in [2.75, 3.05) is 19.7 Å². The van der Waals surface area contributed by atoms with Gasteiger partial charge in [0.1, 0.15) is 11.1 Å². The maximum Gasteiger partial charge on any atom is 0.248 e. The first-order chi connectivity index (χ1) is 13.1. The van der Waals surface area contributed by atoms with Gasteiger partial charge in [0, 0.05) is 25.0 Å². The van der Waals surface area contributed by atoms with Crippen molar-refractivity contribution >= 4 is 17.5 Å². The van der Waals surface area contributed by atoms with Crippen molar-refractivity contribution in [2.24, 2.45) is 5.92 Å². The van der Waals surface area contributed by atoms with Crippen LogP contribution in [0.2, 0.25) is 0 Å². The molecule has 4 nitrogen and oxygen atoms in total. The van der Waals surface area contributed by atoms with E-state index in [0.29, 0.717) is 13.2 Å². The van der Waals surface area contributed by atoms with Crippen LogP contribution in [-0.4, -0.2) is 46.5 Å². The molecule has 3 fully saturated rings. The van der Waals surface area contributed by atoms with Gasteiger partial charge in [-0.3, -0.25) is 9.69 Å². The first-order valence-electron chi connectivity index (χ1n) is 9.57. The third kappa shape index (κ3) is 2.54. The third-order valence-corrected chi connectivity index (χ3v) is 7.00. The lowest BCUT2D eigenvalue weighted by atomic mass is 9.97. The number of halogens is 1. The van der Waals surface area contributed by atoms with Crippen LogP contribution < -0.4 is 0 Å². The van der Waals surface area contributed by atoms with Crippen LogP contribution >= 0.6 is 11.6 Å². The van der Waals surface area contributed by atoms with Gasteiger partial charge in [-0.2, -0.15) is 0 Å². The summed E-state index contributed by atoms with van der Waals surface area (Å²) in [7, 11) is 0. The summed E-state index contributed by atoms with van der Waals surface area (Å²) in [5.41, 5.74) is 2.36. The molecule has 0 unspecified atom stereocenters. The topological polar surface area (TPSA) is 32.8 Å². The molecule has 5 atom stereocenters.